The number of ether oxygens (including phenoxy) is 7. The lowest BCUT2D eigenvalue weighted by atomic mass is 10.1. The molecule has 0 N–H and O–H groups in total. The Morgan fingerprint density at radius 3 is 2.20 bits per heavy atom. The number of nitrogens with zero attached hydrogens (tertiary/aromatic N) is 4. The van der Waals surface area contributed by atoms with Gasteiger partial charge in [-0.1, -0.05) is 0 Å². The number of hydrogen-bond acceptors (Lipinski definition) is 17. The van der Waals surface area contributed by atoms with Crippen LogP contribution in [-0.2, 0) is 57.2 Å². The number of amides is 1. The van der Waals surface area contributed by atoms with Crippen molar-refractivity contribution in [1.29, 1.82) is 0 Å². The van der Waals surface area contributed by atoms with Crippen molar-refractivity contribution in [3.05, 3.63) is 0 Å². The molecule has 0 aliphatic carbocycles. The van der Waals surface area contributed by atoms with Gasteiger partial charge in [-0.15, -0.1) is 16.0 Å². The Morgan fingerprint density at radius 1 is 0.935 bits per heavy atom. The van der Waals surface area contributed by atoms with Gasteiger partial charge in [0.15, 0.2) is 31.5 Å². The summed E-state index contributed by atoms with van der Waals surface area (Å²) < 4.78 is 44.8. The van der Waals surface area contributed by atoms with Crippen molar-refractivity contribution >= 4 is 64.9 Å². The molecule has 1 fully saturated rings. The Balaban J connectivity index is 2.10. The van der Waals surface area contributed by atoms with Gasteiger partial charge in [0.2, 0.25) is 5.82 Å². The molecule has 3 atom stereocenters. The maximum atomic E-state index is 13.0. The lowest BCUT2D eigenvalue weighted by Crippen LogP contribution is -2.52. The van der Waals surface area contributed by atoms with E-state index in [1.54, 1.807) is 20.8 Å². The van der Waals surface area contributed by atoms with Gasteiger partial charge < -0.3 is 43.0 Å². The highest BCUT2D eigenvalue weighted by atomic mass is 35.5. The molecule has 0 aromatic carbocycles. The summed E-state index contributed by atoms with van der Waals surface area (Å²) in [5, 5.41) is 0. The highest BCUT2D eigenvalue weighted by Crippen LogP contribution is 2.27. The third-order valence-electron chi connectivity index (χ3n) is 6.06. The fourth-order valence-electron chi connectivity index (χ4n) is 3.79. The lowest BCUT2D eigenvalue weighted by molar-refractivity contribution is -0.179. The van der Waals surface area contributed by atoms with E-state index in [1.807, 2.05) is 4.90 Å². The summed E-state index contributed by atoms with van der Waals surface area (Å²) in [6.45, 7) is 9.06. The first-order valence-corrected chi connectivity index (χ1v) is 15.4. The van der Waals surface area contributed by atoms with Crippen LogP contribution in [0.1, 0.15) is 41.5 Å². The van der Waals surface area contributed by atoms with E-state index >= 15 is 0 Å². The van der Waals surface area contributed by atoms with Gasteiger partial charge >= 0.3 is 29.8 Å². The Bertz CT molecular complexity index is 1220. The van der Waals surface area contributed by atoms with Crippen LogP contribution in [0.4, 0.5) is 5.82 Å². The summed E-state index contributed by atoms with van der Waals surface area (Å²) in [6.07, 6.45) is -3.90. The van der Waals surface area contributed by atoms with Crippen LogP contribution in [0.15, 0.2) is 0 Å². The molecule has 258 valence electrons. The molecule has 2 rings (SSSR count). The zero-order valence-corrected chi connectivity index (χ0v) is 28.1. The highest BCUT2D eigenvalue weighted by molar-refractivity contribution is 6.99. The van der Waals surface area contributed by atoms with Crippen LogP contribution in [0.5, 0.6) is 5.88 Å². The normalized spacial score (nSPS) is 15.1. The molecule has 0 unspecified atom stereocenters. The van der Waals surface area contributed by atoms with Crippen molar-refractivity contribution in [2.45, 2.75) is 65.4 Å². The number of carbonyl (C=O) groups excluding carboxylic acids is 6. The standard InChI is InChI=1S/C27H39ClN4O13S/c1-16(44-26(38)17(2)43-21(35)11-28)25(37)42-15-22(36)45-19(12-32(27(4,5)6)20(34)14-40-18(3)33)13-41-24-23(29-46-30-24)31-7-9-39-10-8-31/h16-17,19H,7-15H2,1-6H3/t16-,17-,19-/m0/s1. The summed E-state index contributed by atoms with van der Waals surface area (Å²) >= 11 is 6.27. The maximum absolute atomic E-state index is 13.0. The van der Waals surface area contributed by atoms with Crippen molar-refractivity contribution in [3.8, 4) is 5.88 Å². The number of aromatic nitrogens is 2. The minimum Gasteiger partial charge on any atom is -0.470 e. The van der Waals surface area contributed by atoms with Gasteiger partial charge in [0.1, 0.15) is 12.5 Å². The molecule has 0 bridgehead atoms. The van der Waals surface area contributed by atoms with Crippen molar-refractivity contribution in [2.75, 3.05) is 63.4 Å². The van der Waals surface area contributed by atoms with E-state index in [0.29, 0.717) is 32.1 Å². The average molecular weight is 695 g/mol. The smallest absolute Gasteiger partial charge is 0.347 e. The molecule has 2 heterocycles. The molecule has 46 heavy (non-hydrogen) atoms. The van der Waals surface area contributed by atoms with Crippen molar-refractivity contribution in [3.63, 3.8) is 0 Å². The van der Waals surface area contributed by atoms with Gasteiger partial charge in [-0.05, 0) is 34.6 Å². The number of anilines is 1. The second-order valence-electron chi connectivity index (χ2n) is 10.8. The van der Waals surface area contributed by atoms with Crippen LogP contribution in [0, 0.1) is 0 Å². The van der Waals surface area contributed by atoms with Gasteiger partial charge in [0, 0.05) is 25.6 Å². The summed E-state index contributed by atoms with van der Waals surface area (Å²) in [7, 11) is 0. The summed E-state index contributed by atoms with van der Waals surface area (Å²) in [5.74, 6) is -4.97. The summed E-state index contributed by atoms with van der Waals surface area (Å²) in [6, 6.07) is 0. The minimum absolute atomic E-state index is 0.189. The van der Waals surface area contributed by atoms with E-state index in [9.17, 15) is 28.8 Å². The van der Waals surface area contributed by atoms with Gasteiger partial charge in [-0.2, -0.15) is 4.37 Å². The zero-order chi connectivity index (χ0) is 34.4. The lowest BCUT2D eigenvalue weighted by Gasteiger charge is -2.37. The first-order chi connectivity index (χ1) is 21.6. The molecule has 17 nitrogen and oxygen atoms in total. The summed E-state index contributed by atoms with van der Waals surface area (Å²) in [5.41, 5.74) is -0.802. The SMILES string of the molecule is CC(=O)OCC(=O)N(C[C@@H](COc1nsnc1N1CCOCC1)OC(=O)COC(=O)[C@H](C)OC(=O)[C@H](C)OC(=O)CCl)C(C)(C)C. The second kappa shape index (κ2) is 18.4. The van der Waals surface area contributed by atoms with Crippen molar-refractivity contribution < 1.29 is 61.9 Å². The molecule has 1 aliphatic heterocycles. The number of hydrogen-bond donors (Lipinski definition) is 0. The number of morpholine rings is 1. The van der Waals surface area contributed by atoms with Gasteiger partial charge in [0.25, 0.3) is 11.8 Å². The van der Waals surface area contributed by atoms with Crippen LogP contribution in [0.2, 0.25) is 0 Å². The van der Waals surface area contributed by atoms with Crippen LogP contribution in [0.25, 0.3) is 0 Å². The predicted octanol–water partition coefficient (Wildman–Crippen LogP) is 0.501. The summed E-state index contributed by atoms with van der Waals surface area (Å²) in [4.78, 5) is 76.1. The molecule has 1 aromatic rings. The van der Waals surface area contributed by atoms with E-state index < -0.39 is 78.7 Å². The van der Waals surface area contributed by atoms with Crippen molar-refractivity contribution in [1.82, 2.24) is 13.6 Å². The molecule has 19 heteroatoms. The number of carbonyl (C=O) groups is 6. The molecular weight excluding hydrogens is 656 g/mol. The van der Waals surface area contributed by atoms with Crippen LogP contribution < -0.4 is 9.64 Å². The number of alkyl halides is 1. The molecule has 0 spiro atoms. The Kier molecular flexibility index (Phi) is 15.4. The zero-order valence-electron chi connectivity index (χ0n) is 26.5. The molecule has 1 aliphatic rings. The first kappa shape index (κ1) is 38.4. The van der Waals surface area contributed by atoms with Crippen molar-refractivity contribution in [2.24, 2.45) is 0 Å². The van der Waals surface area contributed by atoms with Crippen LogP contribution >= 0.6 is 23.3 Å². The van der Waals surface area contributed by atoms with E-state index in [0.717, 1.165) is 11.7 Å². The minimum atomic E-state index is -1.46. The van der Waals surface area contributed by atoms with Crippen LogP contribution in [-0.4, -0.2) is 132 Å². The average Bonchev–Trinajstić information content (AvgIpc) is 3.48. The Morgan fingerprint density at radius 2 is 1.59 bits per heavy atom. The van der Waals surface area contributed by atoms with E-state index in [-0.39, 0.29) is 19.0 Å². The molecule has 0 saturated carbocycles. The van der Waals surface area contributed by atoms with E-state index in [4.69, 9.17) is 44.8 Å². The maximum Gasteiger partial charge on any atom is 0.347 e. The number of halogens is 1. The molecule has 1 saturated heterocycles. The number of rotatable bonds is 16. The molecule has 1 aromatic heterocycles. The Hall–Kier alpha value is -3.77. The van der Waals surface area contributed by atoms with Gasteiger partial charge in [0.05, 0.1) is 31.5 Å². The first-order valence-electron chi connectivity index (χ1n) is 14.2. The number of esters is 5. The topological polar surface area (TPSA) is 199 Å². The monoisotopic (exact) mass is 694 g/mol. The fraction of sp³-hybridized carbons (Fsp3) is 0.704. The predicted molar refractivity (Wildman–Crippen MR) is 159 cm³/mol. The van der Waals surface area contributed by atoms with Crippen LogP contribution in [0.3, 0.4) is 0 Å². The molecular formula is C27H39ClN4O13S. The quantitative estimate of drug-likeness (QED) is 0.131. The van der Waals surface area contributed by atoms with Gasteiger partial charge in [-0.3, -0.25) is 14.4 Å². The molecule has 0 radical (unpaired) electrons. The van der Waals surface area contributed by atoms with E-state index in [1.165, 1.54) is 25.7 Å². The third-order valence-corrected chi connectivity index (χ3v) is 6.78. The fourth-order valence-corrected chi connectivity index (χ4v) is 4.37. The largest absolute Gasteiger partial charge is 0.470 e. The second-order valence-corrected chi connectivity index (χ2v) is 11.6. The van der Waals surface area contributed by atoms with E-state index in [2.05, 4.69) is 8.75 Å². The highest BCUT2D eigenvalue weighted by Gasteiger charge is 2.33. The third kappa shape index (κ3) is 12.9. The Labute approximate surface area is 274 Å². The van der Waals surface area contributed by atoms with Gasteiger partial charge in [-0.25, -0.2) is 14.4 Å². The molecule has 1 amide bonds.